The minimum atomic E-state index is -1.20. The van der Waals surface area contributed by atoms with Crippen LogP contribution >= 0.6 is 0 Å². The second-order valence-electron chi connectivity index (χ2n) is 4.64. The number of nitrogens with zero attached hydrogens (tertiary/aromatic N) is 1. The van der Waals surface area contributed by atoms with Gasteiger partial charge in [-0.3, -0.25) is 4.79 Å². The smallest absolute Gasteiger partial charge is 0.326 e. The standard InChI is InChI=1S/C13H14FNO4/c1-7-3-2-4-9(11(7)14)12(17)15-6-8(16)5-10(15)13(18)19/h2-4,8,10,16H,5-6H2,1H3,(H,18,19)/t8-,10-/m1/s1. The first-order valence-electron chi connectivity index (χ1n) is 5.88. The molecule has 2 rings (SSSR count). The third kappa shape index (κ3) is 2.44. The summed E-state index contributed by atoms with van der Waals surface area (Å²) >= 11 is 0. The quantitative estimate of drug-likeness (QED) is 0.830. The van der Waals surface area contributed by atoms with Gasteiger partial charge < -0.3 is 15.1 Å². The number of carboxylic acids is 1. The summed E-state index contributed by atoms with van der Waals surface area (Å²) in [6.45, 7) is 1.43. The van der Waals surface area contributed by atoms with E-state index < -0.39 is 29.8 Å². The average Bonchev–Trinajstić information content (AvgIpc) is 2.74. The van der Waals surface area contributed by atoms with Crippen LogP contribution in [0, 0.1) is 12.7 Å². The van der Waals surface area contributed by atoms with Crippen molar-refractivity contribution in [2.75, 3.05) is 6.54 Å². The predicted molar refractivity (Wildman–Crippen MR) is 64.2 cm³/mol. The molecule has 0 unspecified atom stereocenters. The summed E-state index contributed by atoms with van der Waals surface area (Å²) in [4.78, 5) is 24.2. The molecular weight excluding hydrogens is 253 g/mol. The third-order valence-electron chi connectivity index (χ3n) is 3.25. The van der Waals surface area contributed by atoms with Crippen molar-refractivity contribution in [3.63, 3.8) is 0 Å². The Morgan fingerprint density at radius 3 is 2.74 bits per heavy atom. The normalized spacial score (nSPS) is 22.6. The Bertz CT molecular complexity index is 531. The number of halogens is 1. The van der Waals surface area contributed by atoms with Gasteiger partial charge in [0.05, 0.1) is 11.7 Å². The number of aryl methyl sites for hydroxylation is 1. The van der Waals surface area contributed by atoms with Crippen molar-refractivity contribution in [1.29, 1.82) is 0 Å². The molecule has 1 amide bonds. The van der Waals surface area contributed by atoms with Gasteiger partial charge in [-0.25, -0.2) is 9.18 Å². The van der Waals surface area contributed by atoms with Crippen LogP contribution in [0.5, 0.6) is 0 Å². The highest BCUT2D eigenvalue weighted by atomic mass is 19.1. The van der Waals surface area contributed by atoms with Crippen LogP contribution in [-0.4, -0.2) is 45.7 Å². The molecule has 5 nitrogen and oxygen atoms in total. The Morgan fingerprint density at radius 1 is 1.42 bits per heavy atom. The SMILES string of the molecule is Cc1cccc(C(=O)N2C[C@H](O)C[C@@H]2C(=O)O)c1F. The average molecular weight is 267 g/mol. The Morgan fingerprint density at radius 2 is 2.11 bits per heavy atom. The van der Waals surface area contributed by atoms with Crippen molar-refractivity contribution in [2.45, 2.75) is 25.5 Å². The Balaban J connectivity index is 2.33. The highest BCUT2D eigenvalue weighted by molar-refractivity contribution is 5.97. The van der Waals surface area contributed by atoms with Crippen molar-refractivity contribution in [3.05, 3.63) is 35.1 Å². The number of β-amino-alcohol motifs (C(OH)–C–C–N with tert-alkyl or cyclic N) is 1. The minimum absolute atomic E-state index is 0.0332. The molecule has 0 saturated carbocycles. The van der Waals surface area contributed by atoms with Crippen LogP contribution in [0.4, 0.5) is 4.39 Å². The van der Waals surface area contributed by atoms with Gasteiger partial charge in [-0.2, -0.15) is 0 Å². The summed E-state index contributed by atoms with van der Waals surface area (Å²) in [5, 5.41) is 18.5. The van der Waals surface area contributed by atoms with E-state index in [-0.39, 0.29) is 18.5 Å². The lowest BCUT2D eigenvalue weighted by molar-refractivity contribution is -0.141. The molecule has 1 saturated heterocycles. The second-order valence-corrected chi connectivity index (χ2v) is 4.64. The van der Waals surface area contributed by atoms with Gasteiger partial charge in [0.15, 0.2) is 0 Å². The zero-order valence-corrected chi connectivity index (χ0v) is 10.3. The molecule has 1 aromatic rings. The molecule has 2 N–H and O–H groups in total. The van der Waals surface area contributed by atoms with Gasteiger partial charge >= 0.3 is 5.97 Å². The predicted octanol–water partition coefficient (Wildman–Crippen LogP) is 0.794. The summed E-state index contributed by atoms with van der Waals surface area (Å²) < 4.78 is 13.9. The summed E-state index contributed by atoms with van der Waals surface area (Å²) in [5.74, 6) is -2.55. The fraction of sp³-hybridized carbons (Fsp3) is 0.385. The molecule has 6 heteroatoms. The Labute approximate surface area is 109 Å². The number of carbonyl (C=O) groups excluding carboxylic acids is 1. The van der Waals surface area contributed by atoms with E-state index in [9.17, 15) is 19.1 Å². The molecule has 1 aliphatic rings. The van der Waals surface area contributed by atoms with Crippen LogP contribution in [0.25, 0.3) is 0 Å². The Hall–Kier alpha value is -1.95. The fourth-order valence-corrected chi connectivity index (χ4v) is 2.24. The number of benzene rings is 1. The molecule has 0 bridgehead atoms. The number of likely N-dealkylation sites (tertiary alicyclic amines) is 1. The maximum Gasteiger partial charge on any atom is 0.326 e. The first-order chi connectivity index (χ1) is 8.91. The molecule has 1 aromatic carbocycles. The number of hydrogen-bond donors (Lipinski definition) is 2. The summed E-state index contributed by atoms with van der Waals surface area (Å²) in [7, 11) is 0. The molecule has 19 heavy (non-hydrogen) atoms. The van der Waals surface area contributed by atoms with Crippen molar-refractivity contribution in [3.8, 4) is 0 Å². The number of rotatable bonds is 2. The van der Waals surface area contributed by atoms with E-state index >= 15 is 0 Å². The van der Waals surface area contributed by atoms with Crippen LogP contribution < -0.4 is 0 Å². The van der Waals surface area contributed by atoms with E-state index in [1.54, 1.807) is 0 Å². The number of amides is 1. The monoisotopic (exact) mass is 267 g/mol. The first kappa shape index (κ1) is 13.5. The maximum atomic E-state index is 13.9. The largest absolute Gasteiger partial charge is 0.480 e. The highest BCUT2D eigenvalue weighted by Crippen LogP contribution is 2.22. The topological polar surface area (TPSA) is 77.8 Å². The maximum absolute atomic E-state index is 13.9. The lowest BCUT2D eigenvalue weighted by Crippen LogP contribution is -2.41. The van der Waals surface area contributed by atoms with E-state index in [0.29, 0.717) is 5.56 Å². The zero-order valence-electron chi connectivity index (χ0n) is 10.3. The molecular formula is C13H14FNO4. The van der Waals surface area contributed by atoms with Gasteiger partial charge in [0.1, 0.15) is 11.9 Å². The van der Waals surface area contributed by atoms with Gasteiger partial charge in [0.25, 0.3) is 5.91 Å². The summed E-state index contributed by atoms with van der Waals surface area (Å²) in [6, 6.07) is 3.27. The third-order valence-corrected chi connectivity index (χ3v) is 3.25. The van der Waals surface area contributed by atoms with Crippen LogP contribution in [0.15, 0.2) is 18.2 Å². The number of carbonyl (C=O) groups is 2. The number of aliphatic carboxylic acids is 1. The number of aliphatic hydroxyl groups excluding tert-OH is 1. The van der Waals surface area contributed by atoms with Crippen molar-refractivity contribution < 1.29 is 24.2 Å². The van der Waals surface area contributed by atoms with Gasteiger partial charge in [-0.15, -0.1) is 0 Å². The first-order valence-corrected chi connectivity index (χ1v) is 5.88. The van der Waals surface area contributed by atoms with Gasteiger partial charge in [0.2, 0.25) is 0 Å². The van der Waals surface area contributed by atoms with E-state index in [0.717, 1.165) is 4.90 Å². The van der Waals surface area contributed by atoms with Crippen molar-refractivity contribution in [1.82, 2.24) is 4.90 Å². The van der Waals surface area contributed by atoms with E-state index in [2.05, 4.69) is 0 Å². The molecule has 2 atom stereocenters. The molecule has 1 heterocycles. The molecule has 1 fully saturated rings. The molecule has 102 valence electrons. The van der Waals surface area contributed by atoms with E-state index in [1.807, 2.05) is 0 Å². The fourth-order valence-electron chi connectivity index (χ4n) is 2.24. The lowest BCUT2D eigenvalue weighted by atomic mass is 10.1. The molecule has 0 aliphatic carbocycles. The second kappa shape index (κ2) is 4.97. The van der Waals surface area contributed by atoms with Crippen molar-refractivity contribution >= 4 is 11.9 Å². The van der Waals surface area contributed by atoms with Crippen LogP contribution in [-0.2, 0) is 4.79 Å². The Kier molecular flexibility index (Phi) is 3.53. The molecule has 0 aromatic heterocycles. The minimum Gasteiger partial charge on any atom is -0.480 e. The van der Waals surface area contributed by atoms with Crippen LogP contribution in [0.2, 0.25) is 0 Å². The molecule has 1 aliphatic heterocycles. The van der Waals surface area contributed by atoms with E-state index in [1.165, 1.54) is 25.1 Å². The summed E-state index contributed by atoms with van der Waals surface area (Å²) in [5.41, 5.74) is 0.151. The summed E-state index contributed by atoms with van der Waals surface area (Å²) in [6.07, 6.45) is -0.924. The number of aliphatic hydroxyl groups is 1. The van der Waals surface area contributed by atoms with E-state index in [4.69, 9.17) is 5.11 Å². The lowest BCUT2D eigenvalue weighted by Gasteiger charge is -2.21. The van der Waals surface area contributed by atoms with Crippen LogP contribution in [0.3, 0.4) is 0 Å². The van der Waals surface area contributed by atoms with Gasteiger partial charge in [-0.1, -0.05) is 12.1 Å². The number of carboxylic acid groups (broad SMARTS) is 1. The van der Waals surface area contributed by atoms with Gasteiger partial charge in [0, 0.05) is 13.0 Å². The van der Waals surface area contributed by atoms with Gasteiger partial charge in [-0.05, 0) is 18.6 Å². The number of hydrogen-bond acceptors (Lipinski definition) is 3. The molecule has 0 spiro atoms. The highest BCUT2D eigenvalue weighted by Gasteiger charge is 2.39. The van der Waals surface area contributed by atoms with Crippen LogP contribution in [0.1, 0.15) is 22.3 Å². The molecule has 0 radical (unpaired) electrons. The zero-order chi connectivity index (χ0) is 14.2. The van der Waals surface area contributed by atoms with Crippen molar-refractivity contribution in [2.24, 2.45) is 0 Å².